The van der Waals surface area contributed by atoms with Crippen LogP contribution in [0.2, 0.25) is 0 Å². The van der Waals surface area contributed by atoms with Crippen molar-refractivity contribution >= 4 is 34.8 Å². The summed E-state index contributed by atoms with van der Waals surface area (Å²) >= 11 is 0. The van der Waals surface area contributed by atoms with Gasteiger partial charge < -0.3 is 39.6 Å². The predicted molar refractivity (Wildman–Crippen MR) is 225 cm³/mol. The molecule has 2 aliphatic carbocycles. The minimum absolute atomic E-state index is 0.0367. The van der Waals surface area contributed by atoms with Gasteiger partial charge in [0, 0.05) is 31.0 Å². The predicted octanol–water partition coefficient (Wildman–Crippen LogP) is 7.10. The summed E-state index contributed by atoms with van der Waals surface area (Å²) in [5.74, 6) is 1.80. The van der Waals surface area contributed by atoms with Crippen LogP contribution < -0.4 is 10.6 Å². The third-order valence-corrected chi connectivity index (χ3v) is 13.8. The van der Waals surface area contributed by atoms with Crippen molar-refractivity contribution in [3.05, 3.63) is 72.8 Å². The lowest BCUT2D eigenvalue weighted by Gasteiger charge is -2.40. The first-order valence-electron chi connectivity index (χ1n) is 21.3. The molecule has 4 amide bonds. The number of benzene rings is 2. The highest BCUT2D eigenvalue weighted by Crippen LogP contribution is 2.54. The first kappa shape index (κ1) is 39.5. The average Bonchev–Trinajstić information content (AvgIpc) is 4.10. The van der Waals surface area contributed by atoms with E-state index in [0.717, 1.165) is 94.8 Å². The van der Waals surface area contributed by atoms with Crippen LogP contribution in [0.5, 0.6) is 0 Å². The maximum Gasteiger partial charge on any atom is 0.407 e. The number of piperidine rings is 2. The van der Waals surface area contributed by atoms with E-state index in [-0.39, 0.29) is 29.6 Å². The molecular formula is C46H54N8O6. The Morgan fingerprint density at radius 2 is 1.28 bits per heavy atom. The van der Waals surface area contributed by atoms with E-state index in [2.05, 4.69) is 50.9 Å². The van der Waals surface area contributed by atoms with E-state index in [1.807, 2.05) is 62.0 Å². The normalized spacial score (nSPS) is 24.1. The molecule has 2 aromatic carbocycles. The largest absolute Gasteiger partial charge is 0.464 e. The zero-order valence-corrected chi connectivity index (χ0v) is 35.1. The number of alkyl carbamates (subject to hydrolysis) is 1. The Labute approximate surface area is 349 Å². The molecule has 0 radical (unpaired) electrons. The van der Waals surface area contributed by atoms with Crippen molar-refractivity contribution in [1.29, 1.82) is 0 Å². The second-order valence-electron chi connectivity index (χ2n) is 18.2. The van der Waals surface area contributed by atoms with E-state index in [1.165, 1.54) is 14.0 Å². The Kier molecular flexibility index (Phi) is 9.86. The minimum atomic E-state index is -0.708. The molecule has 2 aliphatic heterocycles. The number of likely N-dealkylation sites (tertiary alicyclic amines) is 2. The third-order valence-electron chi connectivity index (χ3n) is 13.8. The molecule has 4 unspecified atom stereocenters. The van der Waals surface area contributed by atoms with Crippen LogP contribution in [0.4, 0.5) is 4.79 Å². The summed E-state index contributed by atoms with van der Waals surface area (Å²) in [5, 5.41) is 6.61. The van der Waals surface area contributed by atoms with Crippen LogP contribution in [0.25, 0.3) is 44.6 Å². The Balaban J connectivity index is 0.955. The third kappa shape index (κ3) is 6.46. The Morgan fingerprint density at radius 1 is 0.750 bits per heavy atom. The lowest BCUT2D eigenvalue weighted by atomic mass is 9.93. The molecule has 14 nitrogen and oxygen atoms in total. The van der Waals surface area contributed by atoms with Gasteiger partial charge in [-0.05, 0) is 91.0 Å². The molecule has 6 atom stereocenters. The highest BCUT2D eigenvalue weighted by Gasteiger charge is 2.57. The van der Waals surface area contributed by atoms with E-state index in [1.54, 1.807) is 6.26 Å². The van der Waals surface area contributed by atoms with Gasteiger partial charge in [0.05, 0.1) is 37.2 Å². The molecule has 60 heavy (non-hydrogen) atoms. The average molecular weight is 815 g/mol. The van der Waals surface area contributed by atoms with Crippen molar-refractivity contribution in [3.8, 4) is 33.6 Å². The minimum Gasteiger partial charge on any atom is -0.464 e. The standard InChI is InChI=1S/C46H54N8O6/c1-25(2)37(49-27(5)55)40(56)53-23-28-13-16-45(53,19-28)42-47-21-35(50-42)31-9-7-30(8-10-31)32-11-12-34(39-33(32)15-18-60-39)36-22-48-43(51-36)46-17-14-29(20-46)24-54(46)41(57)38(26(3)4)52-44(58)59-6/h7-12,15,18,21-22,25-26,28-29,37-38H,13-14,16-17,19-20,23-24H2,1-6H3,(H,47,50)(H,48,51)(H,49,55)(H,52,58)/t28?,29?,37-,38-,45?,46?/m0/s1. The first-order valence-corrected chi connectivity index (χ1v) is 21.3. The number of methoxy groups -OCH3 is 1. The number of nitrogens with one attached hydrogen (secondary N) is 4. The van der Waals surface area contributed by atoms with Gasteiger partial charge in [-0.2, -0.15) is 0 Å². The van der Waals surface area contributed by atoms with Gasteiger partial charge in [-0.1, -0.05) is 58.0 Å². The Bertz CT molecular complexity index is 2470. The number of carbonyl (C=O) groups excluding carboxylic acids is 4. The molecule has 5 heterocycles. The number of ether oxygens (including phenoxy) is 1. The van der Waals surface area contributed by atoms with Crippen molar-refractivity contribution in [1.82, 2.24) is 40.4 Å². The summed E-state index contributed by atoms with van der Waals surface area (Å²) in [4.78, 5) is 73.0. The molecule has 0 spiro atoms. The molecule has 4 aliphatic rings. The number of hydrogen-bond donors (Lipinski definition) is 4. The molecule has 5 aromatic rings. The Hall–Kier alpha value is -5.92. The number of nitrogens with zero attached hydrogens (tertiary/aromatic N) is 4. The monoisotopic (exact) mass is 814 g/mol. The van der Waals surface area contributed by atoms with Gasteiger partial charge in [-0.25, -0.2) is 14.8 Å². The molecule has 2 saturated carbocycles. The van der Waals surface area contributed by atoms with E-state index in [9.17, 15) is 19.2 Å². The molecule has 14 heteroatoms. The highest BCUT2D eigenvalue weighted by molar-refractivity contribution is 6.01. The van der Waals surface area contributed by atoms with Crippen molar-refractivity contribution in [2.75, 3.05) is 20.2 Å². The Morgan fingerprint density at radius 3 is 1.83 bits per heavy atom. The number of furan rings is 1. The van der Waals surface area contributed by atoms with Gasteiger partial charge >= 0.3 is 6.09 Å². The van der Waals surface area contributed by atoms with E-state index in [4.69, 9.17) is 19.1 Å². The van der Waals surface area contributed by atoms with Crippen molar-refractivity contribution in [2.45, 2.75) is 96.3 Å². The second-order valence-corrected chi connectivity index (χ2v) is 18.2. The van der Waals surface area contributed by atoms with Crippen molar-refractivity contribution in [2.24, 2.45) is 23.7 Å². The summed E-state index contributed by atoms with van der Waals surface area (Å²) in [6.45, 7) is 10.5. The zero-order chi connectivity index (χ0) is 42.1. The molecule has 2 saturated heterocycles. The number of fused-ring (bicyclic) bond motifs is 5. The number of carbonyl (C=O) groups is 4. The number of hydrogen-bond acceptors (Lipinski definition) is 8. The molecule has 314 valence electrons. The van der Waals surface area contributed by atoms with Crippen LogP contribution in [0.15, 0.2) is 65.5 Å². The molecule has 3 aromatic heterocycles. The van der Waals surface area contributed by atoms with Crippen LogP contribution in [-0.4, -0.2) is 85.8 Å². The number of amides is 4. The molecule has 4 bridgehead atoms. The first-order chi connectivity index (χ1) is 28.8. The van der Waals surface area contributed by atoms with Gasteiger partial charge in [-0.15, -0.1) is 0 Å². The summed E-state index contributed by atoms with van der Waals surface area (Å²) in [5.41, 5.74) is 5.23. The molecule has 4 N–H and O–H groups in total. The van der Waals surface area contributed by atoms with Crippen molar-refractivity contribution < 1.29 is 28.3 Å². The number of aromatic nitrogens is 4. The summed E-state index contributed by atoms with van der Waals surface area (Å²) in [6.07, 6.45) is 10.1. The van der Waals surface area contributed by atoms with Crippen LogP contribution in [0.3, 0.4) is 0 Å². The summed E-state index contributed by atoms with van der Waals surface area (Å²) < 4.78 is 11.0. The summed E-state index contributed by atoms with van der Waals surface area (Å²) in [6, 6.07) is 13.2. The van der Waals surface area contributed by atoms with Gasteiger partial charge in [0.25, 0.3) is 0 Å². The van der Waals surface area contributed by atoms with Crippen LogP contribution >= 0.6 is 0 Å². The fourth-order valence-electron chi connectivity index (χ4n) is 10.7. The molecule has 4 fully saturated rings. The van der Waals surface area contributed by atoms with Crippen molar-refractivity contribution in [3.63, 3.8) is 0 Å². The van der Waals surface area contributed by atoms with Crippen LogP contribution in [0, 0.1) is 23.7 Å². The summed E-state index contributed by atoms with van der Waals surface area (Å²) in [7, 11) is 1.30. The SMILES string of the molecule is COC(=O)N[C@H](C(=O)N1CC2CCC1(c1ncc(-c3ccc(-c4ccc(-c5cnc(C67CCC(CN6C(=O)[C@@H](NC(C)=O)C(C)C)C7)[nH]5)cc4)c4ccoc34)[nH]1)C2)C(C)C. The quantitative estimate of drug-likeness (QED) is 0.109. The zero-order valence-electron chi connectivity index (χ0n) is 35.1. The number of rotatable bonds is 11. The fourth-order valence-corrected chi connectivity index (χ4v) is 10.7. The highest BCUT2D eigenvalue weighted by atomic mass is 16.5. The number of H-pyrrole nitrogens is 2. The van der Waals surface area contributed by atoms with Gasteiger partial charge in [0.1, 0.15) is 40.4 Å². The van der Waals surface area contributed by atoms with Gasteiger partial charge in [-0.3, -0.25) is 14.4 Å². The van der Waals surface area contributed by atoms with E-state index < -0.39 is 29.3 Å². The van der Waals surface area contributed by atoms with Crippen LogP contribution in [0.1, 0.15) is 84.8 Å². The van der Waals surface area contributed by atoms with E-state index >= 15 is 0 Å². The maximum absolute atomic E-state index is 14.1. The van der Waals surface area contributed by atoms with Gasteiger partial charge in [0.15, 0.2) is 0 Å². The van der Waals surface area contributed by atoms with Gasteiger partial charge in [0.2, 0.25) is 17.7 Å². The number of aromatic amines is 2. The fraction of sp³-hybridized carbons (Fsp3) is 0.478. The molecular weight excluding hydrogens is 761 g/mol. The van der Waals surface area contributed by atoms with Crippen LogP contribution in [-0.2, 0) is 30.2 Å². The topological polar surface area (TPSA) is 179 Å². The lowest BCUT2D eigenvalue weighted by molar-refractivity contribution is -0.142. The van der Waals surface area contributed by atoms with E-state index in [0.29, 0.717) is 24.9 Å². The number of imidazole rings is 2. The molecule has 9 rings (SSSR count). The second kappa shape index (κ2) is 15.0. The lowest BCUT2D eigenvalue weighted by Crippen LogP contribution is -2.56. The maximum atomic E-state index is 14.1. The smallest absolute Gasteiger partial charge is 0.407 e.